The molecule has 0 spiro atoms. The maximum atomic E-state index is 6.07. The summed E-state index contributed by atoms with van der Waals surface area (Å²) in [7, 11) is 1.97. The molecule has 1 aromatic heterocycles. The van der Waals surface area contributed by atoms with Gasteiger partial charge in [0.15, 0.2) is 0 Å². The highest BCUT2D eigenvalue weighted by Gasteiger charge is 2.36. The molecule has 0 radical (unpaired) electrons. The van der Waals surface area contributed by atoms with E-state index >= 15 is 0 Å². The van der Waals surface area contributed by atoms with Crippen molar-refractivity contribution in [1.82, 2.24) is 20.1 Å². The number of fused-ring (bicyclic) bond motifs is 1. The van der Waals surface area contributed by atoms with Crippen molar-refractivity contribution in [2.75, 3.05) is 19.7 Å². The molecule has 2 fully saturated rings. The normalized spacial score (nSPS) is 27.8. The smallest absolute Gasteiger partial charge is 0.0872 e. The van der Waals surface area contributed by atoms with E-state index < -0.39 is 0 Å². The molecule has 0 amide bonds. The zero-order chi connectivity index (χ0) is 15.0. The highest BCUT2D eigenvalue weighted by molar-refractivity contribution is 9.10. The highest BCUT2D eigenvalue weighted by atomic mass is 79.9. The number of nitrogens with one attached hydrogen (secondary N) is 1. The standard InChI is InChI=1S/C14H24BrN5O/c1-9-14(15)12(19(2)18-9)6-11(17-16)13-7-20-5-3-4-10(20)8-21-13/h10-11,13,17H,3-8,16H2,1-2H3. The Morgan fingerprint density at radius 2 is 2.38 bits per heavy atom. The maximum Gasteiger partial charge on any atom is 0.0872 e. The topological polar surface area (TPSA) is 68.3 Å². The molecule has 1 aromatic rings. The molecule has 0 bridgehead atoms. The molecule has 21 heavy (non-hydrogen) atoms. The second-order valence-electron chi connectivity index (χ2n) is 6.11. The van der Waals surface area contributed by atoms with Gasteiger partial charge in [0, 0.05) is 26.1 Å². The summed E-state index contributed by atoms with van der Waals surface area (Å²) in [5, 5.41) is 4.45. The summed E-state index contributed by atoms with van der Waals surface area (Å²) < 4.78 is 9.07. The molecule has 2 saturated heterocycles. The molecule has 118 valence electrons. The molecule has 0 saturated carbocycles. The lowest BCUT2D eigenvalue weighted by molar-refractivity contribution is -0.0646. The minimum atomic E-state index is 0.0950. The third-order valence-corrected chi connectivity index (χ3v) is 5.79. The van der Waals surface area contributed by atoms with Gasteiger partial charge < -0.3 is 4.74 Å². The summed E-state index contributed by atoms with van der Waals surface area (Å²) in [5.74, 6) is 5.80. The molecule has 0 aromatic carbocycles. The van der Waals surface area contributed by atoms with Gasteiger partial charge >= 0.3 is 0 Å². The molecule has 6 nitrogen and oxygen atoms in total. The molecule has 2 aliphatic rings. The van der Waals surface area contributed by atoms with Gasteiger partial charge in [-0.3, -0.25) is 20.9 Å². The van der Waals surface area contributed by atoms with Crippen LogP contribution in [0.15, 0.2) is 4.47 Å². The largest absolute Gasteiger partial charge is 0.374 e. The van der Waals surface area contributed by atoms with Crippen LogP contribution in [0, 0.1) is 6.92 Å². The number of nitrogens with zero attached hydrogens (tertiary/aromatic N) is 3. The van der Waals surface area contributed by atoms with Crippen LogP contribution >= 0.6 is 15.9 Å². The molecular formula is C14H24BrN5O. The van der Waals surface area contributed by atoms with Crippen LogP contribution in [0.5, 0.6) is 0 Å². The van der Waals surface area contributed by atoms with Crippen LogP contribution in [0.25, 0.3) is 0 Å². The number of nitrogens with two attached hydrogens (primary N) is 1. The number of hydrogen-bond acceptors (Lipinski definition) is 5. The van der Waals surface area contributed by atoms with Gasteiger partial charge in [0.25, 0.3) is 0 Å². The highest BCUT2D eigenvalue weighted by Crippen LogP contribution is 2.26. The first-order chi connectivity index (χ1) is 10.1. The van der Waals surface area contributed by atoms with E-state index in [2.05, 4.69) is 31.4 Å². The van der Waals surface area contributed by atoms with Crippen molar-refractivity contribution in [1.29, 1.82) is 0 Å². The Morgan fingerprint density at radius 3 is 3.05 bits per heavy atom. The summed E-state index contributed by atoms with van der Waals surface area (Å²) in [5.41, 5.74) is 5.11. The Morgan fingerprint density at radius 1 is 1.57 bits per heavy atom. The van der Waals surface area contributed by atoms with E-state index in [0.29, 0.717) is 6.04 Å². The van der Waals surface area contributed by atoms with E-state index in [4.69, 9.17) is 10.6 Å². The molecule has 3 N–H and O–H groups in total. The Bertz CT molecular complexity index is 506. The Hall–Kier alpha value is -0.470. The van der Waals surface area contributed by atoms with Gasteiger partial charge in [0.1, 0.15) is 0 Å². The zero-order valence-corrected chi connectivity index (χ0v) is 14.3. The van der Waals surface area contributed by atoms with E-state index in [9.17, 15) is 0 Å². The molecule has 2 aliphatic heterocycles. The van der Waals surface area contributed by atoms with Crippen molar-refractivity contribution < 1.29 is 4.74 Å². The summed E-state index contributed by atoms with van der Waals surface area (Å²) >= 11 is 3.62. The van der Waals surface area contributed by atoms with E-state index in [0.717, 1.165) is 35.4 Å². The number of ether oxygens (including phenoxy) is 1. The average molecular weight is 358 g/mol. The first-order valence-corrected chi connectivity index (χ1v) is 8.39. The molecule has 7 heteroatoms. The van der Waals surface area contributed by atoms with Gasteiger partial charge in [-0.25, -0.2) is 0 Å². The van der Waals surface area contributed by atoms with Crippen molar-refractivity contribution in [2.45, 2.75) is 44.4 Å². The number of aromatic nitrogens is 2. The summed E-state index contributed by atoms with van der Waals surface area (Å²) in [4.78, 5) is 2.54. The Balaban J connectivity index is 1.70. The maximum absolute atomic E-state index is 6.07. The van der Waals surface area contributed by atoms with Crippen LogP contribution in [0.4, 0.5) is 0 Å². The van der Waals surface area contributed by atoms with Crippen molar-refractivity contribution in [2.24, 2.45) is 12.9 Å². The summed E-state index contributed by atoms with van der Waals surface area (Å²) in [6.45, 7) is 4.99. The van der Waals surface area contributed by atoms with Crippen LogP contribution in [0.2, 0.25) is 0 Å². The lowest BCUT2D eigenvalue weighted by atomic mass is 10.0. The van der Waals surface area contributed by atoms with Crippen LogP contribution < -0.4 is 11.3 Å². The third-order valence-electron chi connectivity index (χ3n) is 4.75. The fraction of sp³-hybridized carbons (Fsp3) is 0.786. The molecular weight excluding hydrogens is 334 g/mol. The summed E-state index contributed by atoms with van der Waals surface area (Å²) in [6.07, 6.45) is 3.48. The van der Waals surface area contributed by atoms with Crippen LogP contribution in [-0.2, 0) is 18.2 Å². The quantitative estimate of drug-likeness (QED) is 0.614. The number of morpholine rings is 1. The Kier molecular flexibility index (Phi) is 4.66. The van der Waals surface area contributed by atoms with Gasteiger partial charge in [-0.2, -0.15) is 5.10 Å². The van der Waals surface area contributed by atoms with Crippen molar-refractivity contribution in [3.05, 3.63) is 15.9 Å². The third kappa shape index (κ3) is 3.03. The predicted molar refractivity (Wildman–Crippen MR) is 84.8 cm³/mol. The van der Waals surface area contributed by atoms with Crippen molar-refractivity contribution in [3.63, 3.8) is 0 Å². The fourth-order valence-electron chi connectivity index (χ4n) is 3.49. The summed E-state index contributed by atoms with van der Waals surface area (Å²) in [6, 6.07) is 0.711. The van der Waals surface area contributed by atoms with Gasteiger partial charge in [-0.15, -0.1) is 0 Å². The van der Waals surface area contributed by atoms with Crippen LogP contribution in [0.1, 0.15) is 24.2 Å². The fourth-order valence-corrected chi connectivity index (χ4v) is 3.99. The van der Waals surface area contributed by atoms with Crippen LogP contribution in [-0.4, -0.2) is 52.6 Å². The molecule has 3 rings (SSSR count). The van der Waals surface area contributed by atoms with Gasteiger partial charge in [0.2, 0.25) is 0 Å². The van der Waals surface area contributed by atoms with E-state index in [1.54, 1.807) is 0 Å². The number of halogens is 1. The molecule has 3 heterocycles. The predicted octanol–water partition coefficient (Wildman–Crippen LogP) is 0.729. The SMILES string of the molecule is Cc1nn(C)c(CC(NN)C2CN3CCCC3CO2)c1Br. The number of hydrazine groups is 1. The first kappa shape index (κ1) is 15.4. The minimum Gasteiger partial charge on any atom is -0.374 e. The average Bonchev–Trinajstić information content (AvgIpc) is 3.03. The van der Waals surface area contributed by atoms with E-state index in [1.165, 1.54) is 19.4 Å². The van der Waals surface area contributed by atoms with E-state index in [1.807, 2.05) is 18.7 Å². The first-order valence-electron chi connectivity index (χ1n) is 7.60. The monoisotopic (exact) mass is 357 g/mol. The molecule has 3 atom stereocenters. The number of hydrogen-bond donors (Lipinski definition) is 2. The minimum absolute atomic E-state index is 0.0950. The molecule has 0 aliphatic carbocycles. The second-order valence-corrected chi connectivity index (χ2v) is 6.90. The zero-order valence-electron chi connectivity index (χ0n) is 12.7. The number of aryl methyl sites for hydroxylation is 2. The Labute approximate surface area is 134 Å². The van der Waals surface area contributed by atoms with Crippen LogP contribution in [0.3, 0.4) is 0 Å². The molecule has 3 unspecified atom stereocenters. The van der Waals surface area contributed by atoms with Gasteiger partial charge in [0.05, 0.1) is 34.6 Å². The van der Waals surface area contributed by atoms with Crippen molar-refractivity contribution in [3.8, 4) is 0 Å². The van der Waals surface area contributed by atoms with E-state index in [-0.39, 0.29) is 12.1 Å². The number of rotatable bonds is 4. The van der Waals surface area contributed by atoms with Crippen molar-refractivity contribution >= 4 is 15.9 Å². The second kappa shape index (κ2) is 6.34. The lowest BCUT2D eigenvalue weighted by Gasteiger charge is -2.38. The van der Waals surface area contributed by atoms with Gasteiger partial charge in [-0.05, 0) is 42.2 Å². The van der Waals surface area contributed by atoms with Gasteiger partial charge in [-0.1, -0.05) is 0 Å². The lowest BCUT2D eigenvalue weighted by Crippen LogP contribution is -2.56.